The third-order valence-electron chi connectivity index (χ3n) is 4.21. The summed E-state index contributed by atoms with van der Waals surface area (Å²) in [6, 6.07) is 9.05. The van der Waals surface area contributed by atoms with E-state index in [9.17, 15) is 5.26 Å². The monoisotopic (exact) mass is 241 g/mol. The van der Waals surface area contributed by atoms with Crippen molar-refractivity contribution >= 4 is 5.69 Å². The quantitative estimate of drug-likeness (QED) is 0.818. The van der Waals surface area contributed by atoms with Crippen LogP contribution in [-0.2, 0) is 0 Å². The Morgan fingerprint density at radius 1 is 1.39 bits per heavy atom. The summed E-state index contributed by atoms with van der Waals surface area (Å²) in [6.07, 6.45) is 2.61. The smallest absolute Gasteiger partial charge is 0.101 e. The number of piperidine rings is 1. The zero-order chi connectivity index (χ0) is 12.5. The normalized spacial score (nSPS) is 26.8. The molecule has 2 saturated heterocycles. The van der Waals surface area contributed by atoms with Crippen molar-refractivity contribution in [1.29, 1.82) is 5.26 Å². The number of rotatable bonds is 1. The molecular formula is C15H19N3. The number of nitrogens with zero attached hydrogens (tertiary/aromatic N) is 2. The average Bonchev–Trinajstić information content (AvgIpc) is 2.82. The van der Waals surface area contributed by atoms with E-state index in [4.69, 9.17) is 0 Å². The molecule has 2 fully saturated rings. The highest BCUT2D eigenvalue weighted by molar-refractivity contribution is 5.61. The van der Waals surface area contributed by atoms with E-state index in [2.05, 4.69) is 29.3 Å². The van der Waals surface area contributed by atoms with E-state index in [0.29, 0.717) is 6.04 Å². The predicted octanol–water partition coefficient (Wildman–Crippen LogP) is 2.05. The molecule has 1 aromatic carbocycles. The average molecular weight is 241 g/mol. The standard InChI is InChI=1S/C15H19N3/c1-11-4-5-12(8-16)15(7-11)18-9-13-3-2-6-17-14(13)10-18/h4-5,7,13-14,17H,2-3,6,9-10H2,1H3. The minimum atomic E-state index is 0.616. The molecule has 2 aliphatic heterocycles. The topological polar surface area (TPSA) is 39.1 Å². The summed E-state index contributed by atoms with van der Waals surface area (Å²) in [4.78, 5) is 2.39. The molecule has 0 saturated carbocycles. The largest absolute Gasteiger partial charge is 0.369 e. The van der Waals surface area contributed by atoms with Crippen LogP contribution in [0.5, 0.6) is 0 Å². The van der Waals surface area contributed by atoms with E-state index in [1.165, 1.54) is 18.4 Å². The first-order valence-electron chi connectivity index (χ1n) is 6.77. The molecule has 0 spiro atoms. The number of benzene rings is 1. The third-order valence-corrected chi connectivity index (χ3v) is 4.21. The van der Waals surface area contributed by atoms with Crippen molar-refractivity contribution in [2.45, 2.75) is 25.8 Å². The van der Waals surface area contributed by atoms with Gasteiger partial charge in [0.05, 0.1) is 11.3 Å². The van der Waals surface area contributed by atoms with Gasteiger partial charge in [0.2, 0.25) is 0 Å². The van der Waals surface area contributed by atoms with Gasteiger partial charge in [-0.1, -0.05) is 6.07 Å². The van der Waals surface area contributed by atoms with Gasteiger partial charge in [-0.15, -0.1) is 0 Å². The molecule has 2 unspecified atom stereocenters. The summed E-state index contributed by atoms with van der Waals surface area (Å²) in [5.41, 5.74) is 3.15. The van der Waals surface area contributed by atoms with E-state index in [1.54, 1.807) is 0 Å². The van der Waals surface area contributed by atoms with Crippen molar-refractivity contribution in [3.63, 3.8) is 0 Å². The second-order valence-electron chi connectivity index (χ2n) is 5.50. The van der Waals surface area contributed by atoms with Crippen molar-refractivity contribution in [3.8, 4) is 6.07 Å². The van der Waals surface area contributed by atoms with Gasteiger partial charge >= 0.3 is 0 Å². The van der Waals surface area contributed by atoms with Gasteiger partial charge in [0.1, 0.15) is 6.07 Å². The molecule has 0 amide bonds. The van der Waals surface area contributed by atoms with Crippen LogP contribution in [0, 0.1) is 24.2 Å². The molecule has 1 N–H and O–H groups in total. The second-order valence-corrected chi connectivity index (χ2v) is 5.50. The lowest BCUT2D eigenvalue weighted by molar-refractivity contribution is 0.340. The van der Waals surface area contributed by atoms with Crippen LogP contribution in [0.15, 0.2) is 18.2 Å². The minimum Gasteiger partial charge on any atom is -0.369 e. The van der Waals surface area contributed by atoms with Crippen LogP contribution in [0.4, 0.5) is 5.69 Å². The van der Waals surface area contributed by atoms with Gasteiger partial charge in [-0.3, -0.25) is 0 Å². The maximum absolute atomic E-state index is 9.24. The third kappa shape index (κ3) is 1.97. The van der Waals surface area contributed by atoms with Gasteiger partial charge in [-0.2, -0.15) is 5.26 Å². The number of nitriles is 1. The number of aryl methyl sites for hydroxylation is 1. The van der Waals surface area contributed by atoms with Crippen molar-refractivity contribution in [1.82, 2.24) is 5.32 Å². The van der Waals surface area contributed by atoms with E-state index >= 15 is 0 Å². The number of hydrogen-bond donors (Lipinski definition) is 1. The molecule has 94 valence electrons. The molecule has 0 aromatic heterocycles. The first kappa shape index (κ1) is 11.6. The number of anilines is 1. The van der Waals surface area contributed by atoms with E-state index in [1.807, 2.05) is 12.1 Å². The fraction of sp³-hybridized carbons (Fsp3) is 0.533. The highest BCUT2D eigenvalue weighted by Gasteiger charge is 2.34. The first-order valence-corrected chi connectivity index (χ1v) is 6.77. The fourth-order valence-electron chi connectivity index (χ4n) is 3.24. The molecule has 18 heavy (non-hydrogen) atoms. The summed E-state index contributed by atoms with van der Waals surface area (Å²) in [5, 5.41) is 12.8. The highest BCUT2D eigenvalue weighted by Crippen LogP contribution is 2.31. The van der Waals surface area contributed by atoms with Crippen molar-refractivity contribution in [2.24, 2.45) is 5.92 Å². The molecule has 2 heterocycles. The Morgan fingerprint density at radius 3 is 3.06 bits per heavy atom. The van der Waals surface area contributed by atoms with Gasteiger partial charge in [0.25, 0.3) is 0 Å². The summed E-state index contributed by atoms with van der Waals surface area (Å²) >= 11 is 0. The van der Waals surface area contributed by atoms with Crippen LogP contribution in [0.3, 0.4) is 0 Å². The number of nitrogens with one attached hydrogen (secondary N) is 1. The van der Waals surface area contributed by atoms with E-state index < -0.39 is 0 Å². The number of hydrogen-bond acceptors (Lipinski definition) is 3. The van der Waals surface area contributed by atoms with Gasteiger partial charge in [0.15, 0.2) is 0 Å². The van der Waals surface area contributed by atoms with E-state index in [-0.39, 0.29) is 0 Å². The Bertz CT molecular complexity index is 475. The van der Waals surface area contributed by atoms with Crippen LogP contribution in [-0.4, -0.2) is 25.7 Å². The Labute approximate surface area is 108 Å². The molecule has 0 bridgehead atoms. The summed E-state index contributed by atoms with van der Waals surface area (Å²) in [6.45, 7) is 5.37. The minimum absolute atomic E-state index is 0.616. The van der Waals surface area contributed by atoms with Crippen molar-refractivity contribution in [2.75, 3.05) is 24.5 Å². The molecule has 3 rings (SSSR count). The Kier molecular flexibility index (Phi) is 2.97. The first-order chi connectivity index (χ1) is 8.78. The Hall–Kier alpha value is -1.53. The van der Waals surface area contributed by atoms with Crippen LogP contribution in [0.25, 0.3) is 0 Å². The molecule has 3 nitrogen and oxygen atoms in total. The van der Waals surface area contributed by atoms with Crippen molar-refractivity contribution < 1.29 is 0 Å². The predicted molar refractivity (Wildman–Crippen MR) is 72.6 cm³/mol. The Morgan fingerprint density at radius 2 is 2.28 bits per heavy atom. The lowest BCUT2D eigenvalue weighted by atomic mass is 9.94. The van der Waals surface area contributed by atoms with E-state index in [0.717, 1.165) is 36.8 Å². The van der Waals surface area contributed by atoms with Gasteiger partial charge in [-0.25, -0.2) is 0 Å². The van der Waals surface area contributed by atoms with Crippen LogP contribution >= 0.6 is 0 Å². The van der Waals surface area contributed by atoms with Gasteiger partial charge in [-0.05, 0) is 49.9 Å². The maximum Gasteiger partial charge on any atom is 0.101 e. The van der Waals surface area contributed by atoms with Crippen LogP contribution < -0.4 is 10.2 Å². The molecule has 3 heteroatoms. The number of fused-ring (bicyclic) bond motifs is 1. The maximum atomic E-state index is 9.24. The zero-order valence-corrected chi connectivity index (χ0v) is 10.8. The fourth-order valence-corrected chi connectivity index (χ4v) is 3.24. The molecule has 0 radical (unpaired) electrons. The van der Waals surface area contributed by atoms with Gasteiger partial charge in [0, 0.05) is 19.1 Å². The lowest BCUT2D eigenvalue weighted by Crippen LogP contribution is -2.40. The molecule has 1 aromatic rings. The summed E-state index contributed by atoms with van der Waals surface area (Å²) in [7, 11) is 0. The summed E-state index contributed by atoms with van der Waals surface area (Å²) < 4.78 is 0. The second kappa shape index (κ2) is 4.62. The zero-order valence-electron chi connectivity index (χ0n) is 10.8. The van der Waals surface area contributed by atoms with Crippen LogP contribution in [0.1, 0.15) is 24.0 Å². The van der Waals surface area contributed by atoms with Crippen LogP contribution in [0.2, 0.25) is 0 Å². The molecular weight excluding hydrogens is 222 g/mol. The molecule has 2 aliphatic rings. The van der Waals surface area contributed by atoms with Crippen molar-refractivity contribution in [3.05, 3.63) is 29.3 Å². The summed E-state index contributed by atoms with van der Waals surface area (Å²) in [5.74, 6) is 0.755. The molecule has 0 aliphatic carbocycles. The lowest BCUT2D eigenvalue weighted by Gasteiger charge is -2.24. The molecule has 2 atom stereocenters. The SMILES string of the molecule is Cc1ccc(C#N)c(N2CC3CCCNC3C2)c1. The van der Waals surface area contributed by atoms with Gasteiger partial charge < -0.3 is 10.2 Å². The highest BCUT2D eigenvalue weighted by atomic mass is 15.2. The Balaban J connectivity index is 1.88.